The molecule has 0 spiro atoms. The smallest absolute Gasteiger partial charge is 0.165 e. The van der Waals surface area contributed by atoms with Crippen molar-refractivity contribution in [2.45, 2.75) is 38.1 Å². The second-order valence-corrected chi connectivity index (χ2v) is 4.60. The lowest BCUT2D eigenvalue weighted by molar-refractivity contribution is 0.301. The standard InChI is InChI=1S/C13H18FNO.ClH/c14-11-8-4-7-10(13(11)16)12(15)9-5-2-1-3-6-9;/h4,7-9,12,16H,1-3,5-6,15H2;1H/t12-;/m1./s1. The Balaban J connectivity index is 0.00000144. The van der Waals surface area contributed by atoms with Gasteiger partial charge < -0.3 is 10.8 Å². The molecule has 4 heteroatoms. The molecule has 96 valence electrons. The maximum atomic E-state index is 13.2. The van der Waals surface area contributed by atoms with Crippen molar-refractivity contribution < 1.29 is 9.50 Å². The number of hydrogen-bond donors (Lipinski definition) is 2. The molecule has 0 amide bonds. The van der Waals surface area contributed by atoms with Crippen LogP contribution in [0.1, 0.15) is 43.7 Å². The molecule has 17 heavy (non-hydrogen) atoms. The fourth-order valence-electron chi connectivity index (χ4n) is 2.55. The molecule has 0 aromatic heterocycles. The predicted molar refractivity (Wildman–Crippen MR) is 68.8 cm³/mol. The van der Waals surface area contributed by atoms with Crippen LogP contribution in [0, 0.1) is 11.7 Å². The zero-order valence-electron chi connectivity index (χ0n) is 9.73. The van der Waals surface area contributed by atoms with Gasteiger partial charge in [-0.2, -0.15) is 0 Å². The molecule has 1 saturated carbocycles. The van der Waals surface area contributed by atoms with Crippen LogP contribution in [0.4, 0.5) is 4.39 Å². The van der Waals surface area contributed by atoms with Gasteiger partial charge in [0.05, 0.1) is 0 Å². The normalized spacial score (nSPS) is 18.5. The van der Waals surface area contributed by atoms with E-state index in [1.807, 2.05) is 0 Å². The van der Waals surface area contributed by atoms with Gasteiger partial charge in [0, 0.05) is 11.6 Å². The molecule has 1 atom stereocenters. The molecular weight excluding hydrogens is 241 g/mol. The Hall–Kier alpha value is -0.800. The number of hydrogen-bond acceptors (Lipinski definition) is 2. The lowest BCUT2D eigenvalue weighted by Crippen LogP contribution is -2.23. The van der Waals surface area contributed by atoms with Gasteiger partial charge in [0.15, 0.2) is 11.6 Å². The van der Waals surface area contributed by atoms with Crippen LogP contribution < -0.4 is 5.73 Å². The number of rotatable bonds is 2. The topological polar surface area (TPSA) is 46.2 Å². The Kier molecular flexibility index (Phi) is 5.22. The number of benzene rings is 1. The van der Waals surface area contributed by atoms with E-state index in [0.29, 0.717) is 11.5 Å². The molecule has 0 saturated heterocycles. The number of nitrogens with two attached hydrogens (primary N) is 1. The van der Waals surface area contributed by atoms with Crippen LogP contribution in [0.15, 0.2) is 18.2 Å². The van der Waals surface area contributed by atoms with E-state index in [2.05, 4.69) is 0 Å². The van der Waals surface area contributed by atoms with Gasteiger partial charge in [0.1, 0.15) is 0 Å². The van der Waals surface area contributed by atoms with Crippen LogP contribution in [-0.4, -0.2) is 5.11 Å². The first-order valence-corrected chi connectivity index (χ1v) is 5.93. The zero-order valence-corrected chi connectivity index (χ0v) is 10.5. The van der Waals surface area contributed by atoms with Crippen LogP contribution in [-0.2, 0) is 0 Å². The van der Waals surface area contributed by atoms with Crippen molar-refractivity contribution in [3.05, 3.63) is 29.6 Å². The first-order valence-electron chi connectivity index (χ1n) is 5.93. The Bertz CT molecular complexity index is 366. The molecule has 0 unspecified atom stereocenters. The van der Waals surface area contributed by atoms with Crippen LogP contribution in [0.3, 0.4) is 0 Å². The number of aromatic hydroxyl groups is 1. The Morgan fingerprint density at radius 3 is 2.53 bits per heavy atom. The first kappa shape index (κ1) is 14.3. The van der Waals surface area contributed by atoms with E-state index < -0.39 is 5.82 Å². The minimum Gasteiger partial charge on any atom is -0.505 e. The Labute approximate surface area is 107 Å². The summed E-state index contributed by atoms with van der Waals surface area (Å²) in [6.45, 7) is 0. The van der Waals surface area contributed by atoms with E-state index in [1.54, 1.807) is 12.1 Å². The van der Waals surface area contributed by atoms with E-state index >= 15 is 0 Å². The summed E-state index contributed by atoms with van der Waals surface area (Å²) in [7, 11) is 0. The Morgan fingerprint density at radius 1 is 1.24 bits per heavy atom. The van der Waals surface area contributed by atoms with Crippen molar-refractivity contribution in [1.82, 2.24) is 0 Å². The van der Waals surface area contributed by atoms with Gasteiger partial charge in [-0.15, -0.1) is 12.4 Å². The summed E-state index contributed by atoms with van der Waals surface area (Å²) in [5.41, 5.74) is 6.66. The molecule has 1 aliphatic rings. The minimum absolute atomic E-state index is 0. The first-order chi connectivity index (χ1) is 7.70. The summed E-state index contributed by atoms with van der Waals surface area (Å²) >= 11 is 0. The molecular formula is C13H19ClFNO. The third-order valence-electron chi connectivity index (χ3n) is 3.53. The molecule has 2 rings (SSSR count). The van der Waals surface area contributed by atoms with Gasteiger partial charge >= 0.3 is 0 Å². The maximum absolute atomic E-state index is 13.2. The average Bonchev–Trinajstić information content (AvgIpc) is 2.33. The van der Waals surface area contributed by atoms with Crippen molar-refractivity contribution in [3.8, 4) is 5.75 Å². The second kappa shape index (κ2) is 6.22. The third-order valence-corrected chi connectivity index (χ3v) is 3.53. The summed E-state index contributed by atoms with van der Waals surface area (Å²) in [5, 5.41) is 9.64. The summed E-state index contributed by atoms with van der Waals surface area (Å²) < 4.78 is 13.2. The quantitative estimate of drug-likeness (QED) is 0.853. The molecule has 1 aliphatic carbocycles. The molecule has 0 bridgehead atoms. The number of para-hydroxylation sites is 1. The number of halogens is 2. The summed E-state index contributed by atoms with van der Waals surface area (Å²) in [5.74, 6) is -0.481. The van der Waals surface area contributed by atoms with Crippen LogP contribution in [0.25, 0.3) is 0 Å². The molecule has 1 aromatic carbocycles. The van der Waals surface area contributed by atoms with Crippen molar-refractivity contribution in [2.75, 3.05) is 0 Å². The Morgan fingerprint density at radius 2 is 1.88 bits per heavy atom. The van der Waals surface area contributed by atoms with Crippen molar-refractivity contribution >= 4 is 12.4 Å². The zero-order chi connectivity index (χ0) is 11.5. The number of phenols is 1. The summed E-state index contributed by atoms with van der Waals surface area (Å²) in [4.78, 5) is 0. The molecule has 3 N–H and O–H groups in total. The van der Waals surface area contributed by atoms with Gasteiger partial charge in [0.2, 0.25) is 0 Å². The lowest BCUT2D eigenvalue weighted by atomic mass is 9.81. The lowest BCUT2D eigenvalue weighted by Gasteiger charge is -2.28. The van der Waals surface area contributed by atoms with E-state index in [0.717, 1.165) is 12.8 Å². The average molecular weight is 260 g/mol. The highest BCUT2D eigenvalue weighted by atomic mass is 35.5. The van der Waals surface area contributed by atoms with E-state index in [-0.39, 0.29) is 24.2 Å². The second-order valence-electron chi connectivity index (χ2n) is 4.60. The number of phenolic OH excluding ortho intramolecular Hbond substituents is 1. The van der Waals surface area contributed by atoms with Gasteiger partial charge in [-0.3, -0.25) is 0 Å². The molecule has 2 nitrogen and oxygen atoms in total. The largest absolute Gasteiger partial charge is 0.505 e. The van der Waals surface area contributed by atoms with Gasteiger partial charge in [0.25, 0.3) is 0 Å². The van der Waals surface area contributed by atoms with Crippen LogP contribution in [0.5, 0.6) is 5.75 Å². The third kappa shape index (κ3) is 3.11. The van der Waals surface area contributed by atoms with Crippen molar-refractivity contribution in [2.24, 2.45) is 11.7 Å². The van der Waals surface area contributed by atoms with Crippen LogP contribution >= 0.6 is 12.4 Å². The van der Waals surface area contributed by atoms with Crippen LogP contribution in [0.2, 0.25) is 0 Å². The van der Waals surface area contributed by atoms with E-state index in [9.17, 15) is 9.50 Å². The van der Waals surface area contributed by atoms with Crippen molar-refractivity contribution in [1.29, 1.82) is 0 Å². The molecule has 0 heterocycles. The van der Waals surface area contributed by atoms with E-state index in [1.165, 1.54) is 25.3 Å². The molecule has 1 fully saturated rings. The van der Waals surface area contributed by atoms with Gasteiger partial charge in [-0.1, -0.05) is 31.4 Å². The minimum atomic E-state index is -0.580. The fraction of sp³-hybridized carbons (Fsp3) is 0.538. The van der Waals surface area contributed by atoms with Gasteiger partial charge in [-0.05, 0) is 24.8 Å². The molecule has 1 aromatic rings. The molecule has 0 radical (unpaired) electrons. The molecule has 0 aliphatic heterocycles. The van der Waals surface area contributed by atoms with Gasteiger partial charge in [-0.25, -0.2) is 4.39 Å². The predicted octanol–water partition coefficient (Wildman–Crippen LogP) is 3.53. The monoisotopic (exact) mass is 259 g/mol. The van der Waals surface area contributed by atoms with Crippen molar-refractivity contribution in [3.63, 3.8) is 0 Å². The summed E-state index contributed by atoms with van der Waals surface area (Å²) in [6.07, 6.45) is 5.80. The highest BCUT2D eigenvalue weighted by molar-refractivity contribution is 5.85. The SMILES string of the molecule is Cl.N[C@@H](c1cccc(F)c1O)C1CCCCC1. The highest BCUT2D eigenvalue weighted by Crippen LogP contribution is 2.36. The highest BCUT2D eigenvalue weighted by Gasteiger charge is 2.24. The van der Waals surface area contributed by atoms with E-state index in [4.69, 9.17) is 5.73 Å². The maximum Gasteiger partial charge on any atom is 0.165 e. The fourth-order valence-corrected chi connectivity index (χ4v) is 2.55. The summed E-state index contributed by atoms with van der Waals surface area (Å²) in [6, 6.07) is 4.34.